The van der Waals surface area contributed by atoms with Crippen molar-refractivity contribution in [3.05, 3.63) is 77.2 Å². The van der Waals surface area contributed by atoms with Crippen LogP contribution in [0.25, 0.3) is 0 Å². The molecule has 1 aliphatic rings. The van der Waals surface area contributed by atoms with E-state index < -0.39 is 0 Å². The third-order valence-corrected chi connectivity index (χ3v) is 4.31. The monoisotopic (exact) mass is 337 g/mol. The minimum absolute atomic E-state index is 0.0561. The van der Waals surface area contributed by atoms with Gasteiger partial charge in [0.05, 0.1) is 6.20 Å². The number of benzene rings is 2. The van der Waals surface area contributed by atoms with Crippen molar-refractivity contribution in [2.24, 2.45) is 0 Å². The number of hydrogen-bond acceptors (Lipinski definition) is 3. The minimum atomic E-state index is -0.286. The van der Waals surface area contributed by atoms with Crippen LogP contribution >= 0.6 is 0 Å². The Kier molecular flexibility index (Phi) is 3.93. The molecule has 6 heteroatoms. The number of amides is 1. The molecule has 2 heterocycles. The van der Waals surface area contributed by atoms with Crippen LogP contribution in [0.15, 0.2) is 54.7 Å². The number of nitrogens with zero attached hydrogens (tertiary/aromatic N) is 1. The predicted molar refractivity (Wildman–Crippen MR) is 90.9 cm³/mol. The number of H-pyrrole nitrogens is 1. The van der Waals surface area contributed by atoms with Crippen LogP contribution in [0.3, 0.4) is 0 Å². The molecular weight excluding hydrogens is 321 g/mol. The first-order chi connectivity index (χ1) is 12.2. The molecule has 0 unspecified atom stereocenters. The van der Waals surface area contributed by atoms with E-state index in [1.54, 1.807) is 24.4 Å². The Morgan fingerprint density at radius 3 is 2.96 bits per heavy atom. The molecule has 1 amide bonds. The summed E-state index contributed by atoms with van der Waals surface area (Å²) in [6.07, 6.45) is 2.08. The number of halogens is 1. The molecular formula is C19H16FN3O2. The summed E-state index contributed by atoms with van der Waals surface area (Å²) in [5, 5.41) is 9.59. The van der Waals surface area contributed by atoms with Crippen LogP contribution in [0.4, 0.5) is 10.2 Å². The van der Waals surface area contributed by atoms with Crippen molar-refractivity contribution in [2.75, 3.05) is 5.32 Å². The number of fused-ring (bicyclic) bond motifs is 1. The number of nitrogens with one attached hydrogen (secondary N) is 2. The van der Waals surface area contributed by atoms with E-state index in [2.05, 4.69) is 15.5 Å². The topological polar surface area (TPSA) is 67.0 Å². The Hall–Kier alpha value is -3.15. The smallest absolute Gasteiger partial charge is 0.226 e. The lowest BCUT2D eigenvalue weighted by Crippen LogP contribution is -2.22. The maximum atomic E-state index is 13.7. The molecule has 0 saturated carbocycles. The third-order valence-electron chi connectivity index (χ3n) is 4.31. The SMILES string of the molecule is O=C1C[C@@H](c2cccc(OCc3ccccc3F)c2)c2cn[nH]c2N1. The number of hydrogen-bond donors (Lipinski definition) is 2. The maximum absolute atomic E-state index is 13.7. The zero-order valence-corrected chi connectivity index (χ0v) is 13.3. The quantitative estimate of drug-likeness (QED) is 0.764. The van der Waals surface area contributed by atoms with Crippen LogP contribution in [-0.2, 0) is 11.4 Å². The predicted octanol–water partition coefficient (Wildman–Crippen LogP) is 3.60. The lowest BCUT2D eigenvalue weighted by molar-refractivity contribution is -0.116. The number of carbonyl (C=O) groups is 1. The minimum Gasteiger partial charge on any atom is -0.489 e. The number of carbonyl (C=O) groups excluding carboxylic acids is 1. The molecule has 1 aromatic heterocycles. The van der Waals surface area contributed by atoms with E-state index in [-0.39, 0.29) is 24.2 Å². The number of ether oxygens (including phenoxy) is 1. The number of aromatic nitrogens is 2. The molecule has 2 N–H and O–H groups in total. The molecule has 0 aliphatic carbocycles. The number of aromatic amines is 1. The Morgan fingerprint density at radius 2 is 2.08 bits per heavy atom. The molecule has 2 aromatic carbocycles. The van der Waals surface area contributed by atoms with Crippen molar-refractivity contribution in [2.45, 2.75) is 18.9 Å². The van der Waals surface area contributed by atoms with Gasteiger partial charge in [0.15, 0.2) is 0 Å². The van der Waals surface area contributed by atoms with E-state index in [4.69, 9.17) is 4.74 Å². The van der Waals surface area contributed by atoms with E-state index in [0.29, 0.717) is 23.6 Å². The van der Waals surface area contributed by atoms with Gasteiger partial charge in [-0.25, -0.2) is 4.39 Å². The maximum Gasteiger partial charge on any atom is 0.226 e. The fourth-order valence-corrected chi connectivity index (χ4v) is 3.04. The molecule has 4 rings (SSSR count). The van der Waals surface area contributed by atoms with E-state index in [1.807, 2.05) is 24.3 Å². The molecule has 126 valence electrons. The molecule has 0 bridgehead atoms. The molecule has 0 spiro atoms. The van der Waals surface area contributed by atoms with Gasteiger partial charge in [-0.15, -0.1) is 0 Å². The largest absolute Gasteiger partial charge is 0.489 e. The van der Waals surface area contributed by atoms with Crippen molar-refractivity contribution in [1.82, 2.24) is 10.2 Å². The summed E-state index contributed by atoms with van der Waals surface area (Å²) in [7, 11) is 0. The highest BCUT2D eigenvalue weighted by molar-refractivity contribution is 5.94. The zero-order chi connectivity index (χ0) is 17.2. The summed E-state index contributed by atoms with van der Waals surface area (Å²) >= 11 is 0. The van der Waals surface area contributed by atoms with Crippen LogP contribution in [0, 0.1) is 5.82 Å². The van der Waals surface area contributed by atoms with Gasteiger partial charge >= 0.3 is 0 Å². The summed E-state index contributed by atoms with van der Waals surface area (Å²) in [5.74, 6) is 0.847. The van der Waals surface area contributed by atoms with Gasteiger partial charge in [0.2, 0.25) is 5.91 Å². The highest BCUT2D eigenvalue weighted by atomic mass is 19.1. The summed E-state index contributed by atoms with van der Waals surface area (Å²) in [4.78, 5) is 11.9. The van der Waals surface area contributed by atoms with Crippen LogP contribution < -0.4 is 10.1 Å². The standard InChI is InChI=1S/C19H16FN3O2/c20-17-7-2-1-4-13(17)11-25-14-6-3-5-12(8-14)15-9-18(24)22-19-16(15)10-21-23-19/h1-8,10,15H,9,11H2,(H2,21,22,23,24)/t15-/m0/s1. The van der Waals surface area contributed by atoms with Gasteiger partial charge in [0, 0.05) is 23.5 Å². The van der Waals surface area contributed by atoms with Crippen LogP contribution in [-0.4, -0.2) is 16.1 Å². The molecule has 0 radical (unpaired) electrons. The lowest BCUT2D eigenvalue weighted by atomic mass is 9.87. The van der Waals surface area contributed by atoms with E-state index >= 15 is 0 Å². The molecule has 0 saturated heterocycles. The highest BCUT2D eigenvalue weighted by Gasteiger charge is 2.28. The van der Waals surface area contributed by atoms with E-state index in [0.717, 1.165) is 11.1 Å². The molecule has 25 heavy (non-hydrogen) atoms. The van der Waals surface area contributed by atoms with Crippen molar-refractivity contribution in [3.63, 3.8) is 0 Å². The second kappa shape index (κ2) is 6.39. The van der Waals surface area contributed by atoms with Gasteiger partial charge in [0.25, 0.3) is 0 Å². The number of anilines is 1. The average Bonchev–Trinajstić information content (AvgIpc) is 3.09. The van der Waals surface area contributed by atoms with Gasteiger partial charge in [-0.05, 0) is 23.8 Å². The van der Waals surface area contributed by atoms with Crippen molar-refractivity contribution < 1.29 is 13.9 Å². The lowest BCUT2D eigenvalue weighted by Gasteiger charge is -2.22. The van der Waals surface area contributed by atoms with Gasteiger partial charge in [-0.1, -0.05) is 30.3 Å². The first-order valence-corrected chi connectivity index (χ1v) is 8.00. The van der Waals surface area contributed by atoms with Crippen LogP contribution in [0.2, 0.25) is 0 Å². The highest BCUT2D eigenvalue weighted by Crippen LogP contribution is 2.36. The molecule has 5 nitrogen and oxygen atoms in total. The van der Waals surface area contributed by atoms with Gasteiger partial charge < -0.3 is 10.1 Å². The van der Waals surface area contributed by atoms with E-state index in [1.165, 1.54) is 6.07 Å². The second-order valence-corrected chi connectivity index (χ2v) is 5.96. The average molecular weight is 337 g/mol. The van der Waals surface area contributed by atoms with Crippen molar-refractivity contribution in [3.8, 4) is 5.75 Å². The Bertz CT molecular complexity index is 922. The fourth-order valence-electron chi connectivity index (χ4n) is 3.04. The fraction of sp³-hybridized carbons (Fsp3) is 0.158. The first-order valence-electron chi connectivity index (χ1n) is 8.00. The van der Waals surface area contributed by atoms with E-state index in [9.17, 15) is 9.18 Å². The van der Waals surface area contributed by atoms with Crippen molar-refractivity contribution in [1.29, 1.82) is 0 Å². The third kappa shape index (κ3) is 3.10. The van der Waals surface area contributed by atoms with Gasteiger partial charge in [0.1, 0.15) is 24.0 Å². The van der Waals surface area contributed by atoms with Crippen molar-refractivity contribution >= 4 is 11.7 Å². The summed E-state index contributed by atoms with van der Waals surface area (Å²) in [6.45, 7) is 0.151. The second-order valence-electron chi connectivity index (χ2n) is 5.96. The Balaban J connectivity index is 1.56. The molecule has 3 aromatic rings. The Morgan fingerprint density at radius 1 is 1.20 bits per heavy atom. The van der Waals surface area contributed by atoms with Gasteiger partial charge in [-0.2, -0.15) is 5.10 Å². The summed E-state index contributed by atoms with van der Waals surface area (Å²) in [5.41, 5.74) is 2.41. The van der Waals surface area contributed by atoms with Gasteiger partial charge in [-0.3, -0.25) is 9.89 Å². The molecule has 0 fully saturated rings. The summed E-state index contributed by atoms with van der Waals surface area (Å²) < 4.78 is 19.4. The van der Waals surface area contributed by atoms with Crippen LogP contribution in [0.1, 0.15) is 29.0 Å². The normalized spacial score (nSPS) is 16.2. The first kappa shape index (κ1) is 15.4. The summed E-state index contributed by atoms with van der Waals surface area (Å²) in [6, 6.07) is 14.1. The Labute approximate surface area is 143 Å². The number of rotatable bonds is 4. The molecule has 1 atom stereocenters. The van der Waals surface area contributed by atoms with Crippen LogP contribution in [0.5, 0.6) is 5.75 Å². The zero-order valence-electron chi connectivity index (χ0n) is 13.3. The molecule has 1 aliphatic heterocycles.